The quantitative estimate of drug-likeness (QED) is 0.0262. The number of esters is 3. The maximum Gasteiger partial charge on any atom is 0.306 e. The fraction of sp³-hybridized carbons (Fsp3) is 0.712. The van der Waals surface area contributed by atoms with Gasteiger partial charge in [0.2, 0.25) is 0 Å². The molecular formula is C59H100O6. The second-order valence-corrected chi connectivity index (χ2v) is 17.7. The van der Waals surface area contributed by atoms with Crippen molar-refractivity contribution in [1.29, 1.82) is 0 Å². The number of unbranched alkanes of at least 4 members (excludes halogenated alkanes) is 23. The summed E-state index contributed by atoms with van der Waals surface area (Å²) in [6.07, 6.45) is 68.6. The van der Waals surface area contributed by atoms with Crippen LogP contribution in [0.2, 0.25) is 0 Å². The van der Waals surface area contributed by atoms with Crippen LogP contribution >= 0.6 is 0 Å². The predicted molar refractivity (Wildman–Crippen MR) is 279 cm³/mol. The number of ether oxygens (including phenoxy) is 3. The number of hydrogen-bond donors (Lipinski definition) is 0. The standard InChI is InChI=1S/C59H100O6/c1-4-7-10-13-16-19-22-24-26-28-30-32-33-35-37-40-43-46-49-52-58(61)64-55-56(54-63-57(60)51-48-45-42-39-21-18-15-12-9-6-3)65-59(62)53-50-47-44-41-38-36-34-31-29-27-25-23-20-17-14-11-8-5-2/h7,10,15-16,18-19,24,26,30-32,34-35,37,56H,4-6,8-9,11-14,17,20-23,25,27-29,33,36,38-55H2,1-3H3/b10-7-,18-15-,19-16-,26-24-,32-30-,34-31-,37-35-. The molecule has 0 aliphatic heterocycles. The summed E-state index contributed by atoms with van der Waals surface area (Å²) in [4.78, 5) is 38.0. The molecule has 0 saturated carbocycles. The molecule has 0 aromatic rings. The van der Waals surface area contributed by atoms with E-state index in [0.29, 0.717) is 19.3 Å². The fourth-order valence-corrected chi connectivity index (χ4v) is 7.27. The zero-order valence-electron chi connectivity index (χ0n) is 42.5. The molecular weight excluding hydrogens is 805 g/mol. The number of allylic oxidation sites excluding steroid dienone is 14. The molecule has 0 radical (unpaired) electrons. The molecule has 65 heavy (non-hydrogen) atoms. The highest BCUT2D eigenvalue weighted by molar-refractivity contribution is 5.71. The highest BCUT2D eigenvalue weighted by Gasteiger charge is 2.19. The van der Waals surface area contributed by atoms with E-state index in [1.165, 1.54) is 83.5 Å². The van der Waals surface area contributed by atoms with Crippen LogP contribution in [0.4, 0.5) is 0 Å². The summed E-state index contributed by atoms with van der Waals surface area (Å²) in [5.74, 6) is -0.950. The Balaban J connectivity index is 4.41. The van der Waals surface area contributed by atoms with Crippen LogP contribution in [0.5, 0.6) is 0 Å². The van der Waals surface area contributed by atoms with E-state index in [1.807, 2.05) is 0 Å². The Hall–Kier alpha value is -3.41. The first-order valence-electron chi connectivity index (χ1n) is 27.1. The first-order chi connectivity index (χ1) is 32.0. The second kappa shape index (κ2) is 53.2. The third-order valence-corrected chi connectivity index (χ3v) is 11.4. The van der Waals surface area contributed by atoms with Crippen LogP contribution in [0.1, 0.15) is 252 Å². The van der Waals surface area contributed by atoms with Crippen LogP contribution in [0, 0.1) is 0 Å². The van der Waals surface area contributed by atoms with Crippen molar-refractivity contribution in [1.82, 2.24) is 0 Å². The summed E-state index contributed by atoms with van der Waals surface area (Å²) in [6, 6.07) is 0. The van der Waals surface area contributed by atoms with E-state index in [-0.39, 0.29) is 31.1 Å². The molecule has 0 aromatic carbocycles. The van der Waals surface area contributed by atoms with E-state index < -0.39 is 6.10 Å². The first kappa shape index (κ1) is 61.6. The van der Waals surface area contributed by atoms with Gasteiger partial charge in [0.1, 0.15) is 13.2 Å². The Bertz CT molecular complexity index is 1270. The third-order valence-electron chi connectivity index (χ3n) is 11.4. The fourth-order valence-electron chi connectivity index (χ4n) is 7.27. The molecule has 0 N–H and O–H groups in total. The molecule has 372 valence electrons. The maximum absolute atomic E-state index is 12.8. The van der Waals surface area contributed by atoms with Crippen molar-refractivity contribution in [3.05, 3.63) is 85.1 Å². The van der Waals surface area contributed by atoms with Gasteiger partial charge >= 0.3 is 17.9 Å². The smallest absolute Gasteiger partial charge is 0.306 e. The molecule has 1 unspecified atom stereocenters. The molecule has 0 spiro atoms. The summed E-state index contributed by atoms with van der Waals surface area (Å²) < 4.78 is 16.8. The van der Waals surface area contributed by atoms with E-state index >= 15 is 0 Å². The van der Waals surface area contributed by atoms with E-state index in [0.717, 1.165) is 128 Å². The minimum Gasteiger partial charge on any atom is -0.462 e. The van der Waals surface area contributed by atoms with Crippen molar-refractivity contribution in [3.63, 3.8) is 0 Å². The second-order valence-electron chi connectivity index (χ2n) is 17.7. The summed E-state index contributed by atoms with van der Waals surface area (Å²) >= 11 is 0. The Kier molecular flexibility index (Phi) is 50.4. The van der Waals surface area contributed by atoms with E-state index in [9.17, 15) is 14.4 Å². The van der Waals surface area contributed by atoms with E-state index in [2.05, 4.69) is 106 Å². The largest absolute Gasteiger partial charge is 0.462 e. The first-order valence-corrected chi connectivity index (χ1v) is 27.1. The summed E-state index contributed by atoms with van der Waals surface area (Å²) in [6.45, 7) is 6.44. The molecule has 0 fully saturated rings. The highest BCUT2D eigenvalue weighted by atomic mass is 16.6. The van der Waals surface area contributed by atoms with Gasteiger partial charge in [-0.1, -0.05) is 209 Å². The molecule has 0 saturated heterocycles. The lowest BCUT2D eigenvalue weighted by Gasteiger charge is -2.18. The lowest BCUT2D eigenvalue weighted by Crippen LogP contribution is -2.30. The van der Waals surface area contributed by atoms with E-state index in [1.54, 1.807) is 0 Å². The normalized spacial score (nSPS) is 12.7. The summed E-state index contributed by atoms with van der Waals surface area (Å²) in [7, 11) is 0. The summed E-state index contributed by atoms with van der Waals surface area (Å²) in [5, 5.41) is 0. The van der Waals surface area contributed by atoms with Gasteiger partial charge in [0.25, 0.3) is 0 Å². The molecule has 0 rings (SSSR count). The van der Waals surface area contributed by atoms with Crippen LogP contribution in [-0.2, 0) is 28.6 Å². The predicted octanol–water partition coefficient (Wildman–Crippen LogP) is 18.0. The van der Waals surface area contributed by atoms with Crippen molar-refractivity contribution in [2.24, 2.45) is 0 Å². The number of rotatable bonds is 48. The average molecular weight is 905 g/mol. The lowest BCUT2D eigenvalue weighted by molar-refractivity contribution is -0.167. The van der Waals surface area contributed by atoms with Crippen LogP contribution in [-0.4, -0.2) is 37.2 Å². The molecule has 0 aliphatic rings. The molecule has 0 heterocycles. The zero-order chi connectivity index (χ0) is 47.2. The summed E-state index contributed by atoms with van der Waals surface area (Å²) in [5.41, 5.74) is 0. The van der Waals surface area contributed by atoms with Gasteiger partial charge in [-0.25, -0.2) is 0 Å². The molecule has 6 nitrogen and oxygen atoms in total. The van der Waals surface area contributed by atoms with Gasteiger partial charge in [-0.3, -0.25) is 14.4 Å². The SMILES string of the molecule is CC/C=C\C/C=C\C/C=C\C/C=C\C/C=C\CCCCCC(=O)OCC(COC(=O)CCCCCC/C=C\CCCC)OC(=O)CCCCCCC/C=C\CCCCCCCCCCC. The van der Waals surface area contributed by atoms with Gasteiger partial charge in [0, 0.05) is 19.3 Å². The topological polar surface area (TPSA) is 78.9 Å². The minimum atomic E-state index is -0.799. The van der Waals surface area contributed by atoms with Crippen molar-refractivity contribution >= 4 is 17.9 Å². The molecule has 0 amide bonds. The molecule has 0 aromatic heterocycles. The van der Waals surface area contributed by atoms with Crippen LogP contribution in [0.25, 0.3) is 0 Å². The van der Waals surface area contributed by atoms with Crippen molar-refractivity contribution < 1.29 is 28.6 Å². The van der Waals surface area contributed by atoms with Gasteiger partial charge in [-0.2, -0.15) is 0 Å². The third kappa shape index (κ3) is 51.4. The van der Waals surface area contributed by atoms with Gasteiger partial charge in [0.05, 0.1) is 0 Å². The van der Waals surface area contributed by atoms with Crippen LogP contribution in [0.3, 0.4) is 0 Å². The number of hydrogen-bond acceptors (Lipinski definition) is 6. The number of carbonyl (C=O) groups excluding carboxylic acids is 3. The van der Waals surface area contributed by atoms with Gasteiger partial charge in [0.15, 0.2) is 6.10 Å². The highest BCUT2D eigenvalue weighted by Crippen LogP contribution is 2.14. The van der Waals surface area contributed by atoms with Crippen molar-refractivity contribution in [3.8, 4) is 0 Å². The van der Waals surface area contributed by atoms with Crippen LogP contribution < -0.4 is 0 Å². The Morgan fingerprint density at radius 2 is 0.615 bits per heavy atom. The maximum atomic E-state index is 12.8. The van der Waals surface area contributed by atoms with Crippen LogP contribution in [0.15, 0.2) is 85.1 Å². The average Bonchev–Trinajstić information content (AvgIpc) is 3.30. The lowest BCUT2D eigenvalue weighted by atomic mass is 10.1. The van der Waals surface area contributed by atoms with Gasteiger partial charge < -0.3 is 14.2 Å². The Morgan fingerprint density at radius 1 is 0.323 bits per heavy atom. The molecule has 1 atom stereocenters. The monoisotopic (exact) mass is 905 g/mol. The molecule has 6 heteroatoms. The Morgan fingerprint density at radius 3 is 1.02 bits per heavy atom. The zero-order valence-corrected chi connectivity index (χ0v) is 42.5. The van der Waals surface area contributed by atoms with Gasteiger partial charge in [-0.05, 0) is 109 Å². The van der Waals surface area contributed by atoms with Crippen molar-refractivity contribution in [2.45, 2.75) is 258 Å². The molecule has 0 aliphatic carbocycles. The number of carbonyl (C=O) groups is 3. The Labute approximate surface area is 401 Å². The van der Waals surface area contributed by atoms with E-state index in [4.69, 9.17) is 14.2 Å². The molecule has 0 bridgehead atoms. The van der Waals surface area contributed by atoms with Crippen molar-refractivity contribution in [2.75, 3.05) is 13.2 Å². The van der Waals surface area contributed by atoms with Gasteiger partial charge in [-0.15, -0.1) is 0 Å². The minimum absolute atomic E-state index is 0.0969.